The fourth-order valence-electron chi connectivity index (χ4n) is 8.13. The van der Waals surface area contributed by atoms with Crippen LogP contribution in [0, 0.1) is 0 Å². The maximum atomic E-state index is 12.9. The van der Waals surface area contributed by atoms with Gasteiger partial charge in [0.2, 0.25) is 0 Å². The van der Waals surface area contributed by atoms with Crippen LogP contribution in [-0.2, 0) is 27.9 Å². The lowest BCUT2D eigenvalue weighted by Gasteiger charge is -2.41. The zero-order valence-electron chi connectivity index (χ0n) is 43.8. The lowest BCUT2D eigenvalue weighted by Crippen LogP contribution is -2.64. The predicted molar refractivity (Wildman–Crippen MR) is 285 cm³/mol. The van der Waals surface area contributed by atoms with Crippen molar-refractivity contribution in [2.24, 2.45) is 0 Å². The topological polar surface area (TPSA) is 192 Å². The van der Waals surface area contributed by atoms with E-state index in [-0.39, 0.29) is 13.0 Å². The Morgan fingerprint density at radius 1 is 0.457 bits per heavy atom. The van der Waals surface area contributed by atoms with Gasteiger partial charge in [0.1, 0.15) is 42.7 Å². The van der Waals surface area contributed by atoms with Crippen LogP contribution in [-0.4, -0.2) is 98.9 Å². The summed E-state index contributed by atoms with van der Waals surface area (Å²) in [7, 11) is -5.04. The monoisotopic (exact) mass is 1010 g/mol. The van der Waals surface area contributed by atoms with Crippen LogP contribution in [0.3, 0.4) is 0 Å². The van der Waals surface area contributed by atoms with Crippen LogP contribution in [0.1, 0.15) is 219 Å². The van der Waals surface area contributed by atoms with Gasteiger partial charge in [0.05, 0.1) is 13.2 Å². The average Bonchev–Trinajstić information content (AvgIpc) is 3.35. The van der Waals surface area contributed by atoms with E-state index in [4.69, 9.17) is 18.5 Å². The van der Waals surface area contributed by atoms with Gasteiger partial charge in [-0.15, -0.1) is 0 Å². The summed E-state index contributed by atoms with van der Waals surface area (Å²) < 4.78 is 34.4. The van der Waals surface area contributed by atoms with E-state index in [2.05, 4.69) is 86.8 Å². The molecule has 0 aromatic carbocycles. The maximum Gasteiger partial charge on any atom is 0.472 e. The molecular formula is C57H101O12P. The summed E-state index contributed by atoms with van der Waals surface area (Å²) in [6, 6.07) is 0. The van der Waals surface area contributed by atoms with Crippen molar-refractivity contribution in [1.29, 1.82) is 0 Å². The number of hydrogen-bond donors (Lipinski definition) is 6. The molecule has 0 bridgehead atoms. The van der Waals surface area contributed by atoms with Gasteiger partial charge in [0.15, 0.2) is 0 Å². The van der Waals surface area contributed by atoms with Crippen LogP contribution >= 0.6 is 7.82 Å². The zero-order valence-corrected chi connectivity index (χ0v) is 44.7. The van der Waals surface area contributed by atoms with Crippen LogP contribution in [0.25, 0.3) is 0 Å². The summed E-state index contributed by atoms with van der Waals surface area (Å²) >= 11 is 0. The molecule has 0 radical (unpaired) electrons. The molecule has 1 rings (SSSR count). The Morgan fingerprint density at radius 3 is 1.24 bits per heavy atom. The fourth-order valence-corrected chi connectivity index (χ4v) is 9.11. The van der Waals surface area contributed by atoms with Crippen molar-refractivity contribution >= 4 is 13.8 Å². The molecule has 70 heavy (non-hydrogen) atoms. The van der Waals surface area contributed by atoms with Gasteiger partial charge < -0.3 is 39.9 Å². The molecule has 0 aromatic rings. The first-order valence-electron chi connectivity index (χ1n) is 27.8. The zero-order chi connectivity index (χ0) is 51.2. The SMILES string of the molecule is CCCCC/C=C\C/C=C\C/C=C\CCCCCCCCCOCC(COP(=O)(O)OC1C(O)C(O)C(O)C(O)C1O)OC(=O)CCCCCCCCCC/C=C\C/C=C\C/C=C\CCCCCCC. The highest BCUT2D eigenvalue weighted by molar-refractivity contribution is 7.47. The molecule has 13 heteroatoms. The number of aliphatic hydroxyl groups is 5. The van der Waals surface area contributed by atoms with E-state index in [1.165, 1.54) is 103 Å². The van der Waals surface area contributed by atoms with Crippen molar-refractivity contribution < 1.29 is 58.3 Å². The molecule has 0 aliphatic heterocycles. The van der Waals surface area contributed by atoms with Gasteiger partial charge in [-0.2, -0.15) is 0 Å². The molecule has 1 fully saturated rings. The van der Waals surface area contributed by atoms with E-state index >= 15 is 0 Å². The number of esters is 1. The van der Waals surface area contributed by atoms with Crippen LogP contribution in [0.15, 0.2) is 72.9 Å². The Labute approximate surface area is 425 Å². The summed E-state index contributed by atoms with van der Waals surface area (Å²) in [5.41, 5.74) is 0. The summed E-state index contributed by atoms with van der Waals surface area (Å²) in [4.78, 5) is 23.3. The normalized spacial score (nSPS) is 21.4. The number of carbonyl (C=O) groups excluding carboxylic acids is 1. The molecule has 1 aliphatic rings. The van der Waals surface area contributed by atoms with E-state index in [0.717, 1.165) is 89.9 Å². The molecular weight excluding hydrogens is 908 g/mol. The lowest BCUT2D eigenvalue weighted by atomic mass is 9.85. The third-order valence-electron chi connectivity index (χ3n) is 12.6. The molecule has 0 aromatic heterocycles. The molecule has 6 atom stereocenters. The van der Waals surface area contributed by atoms with Crippen molar-refractivity contribution in [3.05, 3.63) is 72.9 Å². The van der Waals surface area contributed by atoms with Crippen molar-refractivity contribution in [2.75, 3.05) is 19.8 Å². The number of hydrogen-bond acceptors (Lipinski definition) is 11. The minimum absolute atomic E-state index is 0.0897. The summed E-state index contributed by atoms with van der Waals surface area (Å²) in [5, 5.41) is 50.4. The van der Waals surface area contributed by atoms with Gasteiger partial charge in [0.25, 0.3) is 0 Å². The van der Waals surface area contributed by atoms with Gasteiger partial charge in [0, 0.05) is 13.0 Å². The molecule has 0 amide bonds. The summed E-state index contributed by atoms with van der Waals surface area (Å²) in [6.45, 7) is 4.21. The molecule has 0 heterocycles. The van der Waals surface area contributed by atoms with Gasteiger partial charge in [-0.1, -0.05) is 196 Å². The van der Waals surface area contributed by atoms with Gasteiger partial charge in [-0.05, 0) is 89.9 Å². The third-order valence-corrected chi connectivity index (χ3v) is 13.5. The number of ether oxygens (including phenoxy) is 2. The van der Waals surface area contributed by atoms with Crippen molar-refractivity contribution in [3.8, 4) is 0 Å². The standard InChI is InChI=1S/C57H101O12P/c1-3-5-7-9-11-13-15-17-19-21-23-25-26-27-28-30-32-34-36-38-40-42-44-46-51(58)68-50(49-67-70(64,65)69-57-55(62)53(60)52(59)54(61)56(57)63)48-66-47-45-43-41-39-37-35-33-31-29-24-22-20-18-16-14-12-10-8-6-4-2/h12,14-15,17-18,20-21,23-24,26-27,29,50,52-57,59-63H,3-11,13,16,19,22,25,28,30-49H2,1-2H3,(H,64,65)/b14-12-,17-15-,20-18-,23-21-,27-26-,29-24-. The van der Waals surface area contributed by atoms with Crippen molar-refractivity contribution in [3.63, 3.8) is 0 Å². The largest absolute Gasteiger partial charge is 0.472 e. The van der Waals surface area contributed by atoms with Crippen LogP contribution in [0.2, 0.25) is 0 Å². The Balaban J connectivity index is 2.33. The van der Waals surface area contributed by atoms with E-state index in [1.54, 1.807) is 0 Å². The van der Waals surface area contributed by atoms with Crippen LogP contribution in [0.5, 0.6) is 0 Å². The van der Waals surface area contributed by atoms with E-state index in [0.29, 0.717) is 13.0 Å². The van der Waals surface area contributed by atoms with Gasteiger partial charge >= 0.3 is 13.8 Å². The molecule has 406 valence electrons. The number of phosphoric ester groups is 1. The Bertz CT molecular complexity index is 1430. The molecule has 0 saturated heterocycles. The quantitative estimate of drug-likeness (QED) is 0.0147. The van der Waals surface area contributed by atoms with Crippen molar-refractivity contribution in [1.82, 2.24) is 0 Å². The molecule has 1 aliphatic carbocycles. The first-order chi connectivity index (χ1) is 34.0. The molecule has 12 nitrogen and oxygen atoms in total. The second-order valence-electron chi connectivity index (χ2n) is 19.1. The van der Waals surface area contributed by atoms with Gasteiger partial charge in [-0.25, -0.2) is 4.57 Å². The van der Waals surface area contributed by atoms with Crippen LogP contribution in [0.4, 0.5) is 0 Å². The minimum Gasteiger partial charge on any atom is -0.457 e. The Morgan fingerprint density at radius 2 is 0.800 bits per heavy atom. The molecule has 6 unspecified atom stereocenters. The lowest BCUT2D eigenvalue weighted by molar-refractivity contribution is -0.220. The number of unbranched alkanes of at least 4 members (excludes halogenated alkanes) is 23. The maximum absolute atomic E-state index is 12.9. The number of carbonyl (C=O) groups is 1. The highest BCUT2D eigenvalue weighted by Crippen LogP contribution is 2.47. The second-order valence-corrected chi connectivity index (χ2v) is 20.5. The second kappa shape index (κ2) is 46.6. The smallest absolute Gasteiger partial charge is 0.457 e. The van der Waals surface area contributed by atoms with E-state index < -0.39 is 63.1 Å². The number of rotatable bonds is 47. The van der Waals surface area contributed by atoms with Crippen LogP contribution < -0.4 is 0 Å². The molecule has 6 N–H and O–H groups in total. The Hall–Kier alpha value is -2.22. The van der Waals surface area contributed by atoms with E-state index in [9.17, 15) is 39.8 Å². The first-order valence-corrected chi connectivity index (χ1v) is 29.3. The number of aliphatic hydroxyl groups excluding tert-OH is 5. The number of allylic oxidation sites excluding steroid dienone is 12. The molecule has 0 spiro atoms. The molecule has 1 saturated carbocycles. The van der Waals surface area contributed by atoms with Crippen molar-refractivity contribution in [2.45, 2.75) is 262 Å². The minimum atomic E-state index is -5.04. The Kier molecular flexibility index (Phi) is 43.8. The highest BCUT2D eigenvalue weighted by atomic mass is 31.2. The average molecular weight is 1010 g/mol. The van der Waals surface area contributed by atoms with Gasteiger partial charge in [-0.3, -0.25) is 13.8 Å². The fraction of sp³-hybridized carbons (Fsp3) is 0.772. The first kappa shape index (κ1) is 65.8. The summed E-state index contributed by atoms with van der Waals surface area (Å²) in [6.07, 6.45) is 49.6. The highest BCUT2D eigenvalue weighted by Gasteiger charge is 2.51. The number of phosphoric acid groups is 1. The third kappa shape index (κ3) is 37.5. The predicted octanol–water partition coefficient (Wildman–Crippen LogP) is 13.1. The summed E-state index contributed by atoms with van der Waals surface area (Å²) in [5.74, 6) is -0.489. The van der Waals surface area contributed by atoms with E-state index in [1.807, 2.05) is 0 Å².